The number of aryl methyl sites for hydroxylation is 1. The van der Waals surface area contributed by atoms with E-state index in [4.69, 9.17) is 0 Å². The summed E-state index contributed by atoms with van der Waals surface area (Å²) in [4.78, 5) is 27.8. The van der Waals surface area contributed by atoms with Gasteiger partial charge in [-0.3, -0.25) is 9.59 Å². The predicted octanol–water partition coefficient (Wildman–Crippen LogP) is 4.34. The van der Waals surface area contributed by atoms with Gasteiger partial charge in [0.1, 0.15) is 11.9 Å². The van der Waals surface area contributed by atoms with E-state index in [9.17, 15) is 14.0 Å². The van der Waals surface area contributed by atoms with Gasteiger partial charge in [-0.15, -0.1) is 0 Å². The van der Waals surface area contributed by atoms with Gasteiger partial charge in [-0.25, -0.2) is 4.39 Å². The first-order valence-electron chi connectivity index (χ1n) is 9.53. The summed E-state index contributed by atoms with van der Waals surface area (Å²) in [6.45, 7) is 2.13. The van der Waals surface area contributed by atoms with Gasteiger partial charge in [0, 0.05) is 24.2 Å². The van der Waals surface area contributed by atoms with E-state index in [0.29, 0.717) is 29.8 Å². The molecule has 1 aliphatic rings. The Labute approximate surface area is 169 Å². The van der Waals surface area contributed by atoms with Crippen molar-refractivity contribution in [3.05, 3.63) is 101 Å². The van der Waals surface area contributed by atoms with Crippen molar-refractivity contribution in [1.82, 2.24) is 4.90 Å². The van der Waals surface area contributed by atoms with Gasteiger partial charge >= 0.3 is 0 Å². The third-order valence-corrected chi connectivity index (χ3v) is 5.25. The zero-order valence-corrected chi connectivity index (χ0v) is 16.1. The number of carbonyl (C=O) groups is 2. The van der Waals surface area contributed by atoms with Crippen molar-refractivity contribution in [2.45, 2.75) is 25.9 Å². The molecule has 0 bridgehead atoms. The summed E-state index contributed by atoms with van der Waals surface area (Å²) in [7, 11) is 0. The van der Waals surface area contributed by atoms with E-state index in [2.05, 4.69) is 5.32 Å². The standard InChI is InChI=1S/C24H21FN2O2/c1-16-13-19(25)11-12-21(16)26-23(28)22(14-17-7-3-2-4-8-17)27-15-18-9-5-6-10-20(18)24(27)29/h2-13,22H,14-15H2,1H3,(H,26,28)/t22-/m0/s1. The molecule has 29 heavy (non-hydrogen) atoms. The molecule has 1 N–H and O–H groups in total. The Morgan fingerprint density at radius 1 is 1.07 bits per heavy atom. The molecule has 0 unspecified atom stereocenters. The number of amides is 2. The average molecular weight is 388 g/mol. The van der Waals surface area contributed by atoms with E-state index >= 15 is 0 Å². The van der Waals surface area contributed by atoms with Crippen molar-refractivity contribution in [1.29, 1.82) is 0 Å². The largest absolute Gasteiger partial charge is 0.324 e. The maximum atomic E-state index is 13.4. The first-order chi connectivity index (χ1) is 14.0. The molecule has 146 valence electrons. The van der Waals surface area contributed by atoms with Crippen LogP contribution in [-0.4, -0.2) is 22.8 Å². The molecule has 0 aromatic heterocycles. The molecule has 0 saturated heterocycles. The highest BCUT2D eigenvalue weighted by Crippen LogP contribution is 2.27. The van der Waals surface area contributed by atoms with Crippen LogP contribution in [0.5, 0.6) is 0 Å². The predicted molar refractivity (Wildman–Crippen MR) is 110 cm³/mol. The average Bonchev–Trinajstić information content (AvgIpc) is 3.05. The lowest BCUT2D eigenvalue weighted by molar-refractivity contribution is -0.120. The van der Waals surface area contributed by atoms with Crippen LogP contribution >= 0.6 is 0 Å². The molecule has 5 heteroatoms. The molecule has 2 amide bonds. The fourth-order valence-corrected chi connectivity index (χ4v) is 3.69. The minimum absolute atomic E-state index is 0.146. The minimum Gasteiger partial charge on any atom is -0.324 e. The van der Waals surface area contributed by atoms with Gasteiger partial charge in [0.2, 0.25) is 5.91 Å². The molecule has 3 aromatic rings. The van der Waals surface area contributed by atoms with E-state index in [1.807, 2.05) is 48.5 Å². The molecular formula is C24H21FN2O2. The maximum Gasteiger partial charge on any atom is 0.255 e. The number of carbonyl (C=O) groups excluding carboxylic acids is 2. The van der Waals surface area contributed by atoms with Gasteiger partial charge in [-0.1, -0.05) is 48.5 Å². The summed E-state index contributed by atoms with van der Waals surface area (Å²) in [5.41, 5.74) is 3.69. The van der Waals surface area contributed by atoms with E-state index in [0.717, 1.165) is 11.1 Å². The Hall–Kier alpha value is -3.47. The molecule has 0 radical (unpaired) electrons. The lowest BCUT2D eigenvalue weighted by Gasteiger charge is -2.27. The molecule has 1 heterocycles. The lowest BCUT2D eigenvalue weighted by atomic mass is 10.0. The number of anilines is 1. The van der Waals surface area contributed by atoms with Gasteiger partial charge in [-0.05, 0) is 47.9 Å². The summed E-state index contributed by atoms with van der Waals surface area (Å²) in [5, 5.41) is 2.88. The zero-order valence-electron chi connectivity index (χ0n) is 16.1. The maximum absolute atomic E-state index is 13.4. The van der Waals surface area contributed by atoms with Crippen LogP contribution in [0.4, 0.5) is 10.1 Å². The fourth-order valence-electron chi connectivity index (χ4n) is 3.69. The first-order valence-corrected chi connectivity index (χ1v) is 9.53. The number of halogens is 1. The first kappa shape index (κ1) is 18.9. The quantitative estimate of drug-likeness (QED) is 0.707. The van der Waals surface area contributed by atoms with Gasteiger partial charge in [0.25, 0.3) is 5.91 Å². The van der Waals surface area contributed by atoms with Gasteiger partial charge in [0.15, 0.2) is 0 Å². The highest BCUT2D eigenvalue weighted by atomic mass is 19.1. The molecule has 1 atom stereocenters. The molecule has 4 nitrogen and oxygen atoms in total. The van der Waals surface area contributed by atoms with Crippen molar-refractivity contribution < 1.29 is 14.0 Å². The number of rotatable bonds is 5. The Morgan fingerprint density at radius 2 is 1.79 bits per heavy atom. The SMILES string of the molecule is Cc1cc(F)ccc1NC(=O)[C@H](Cc1ccccc1)N1Cc2ccccc2C1=O. The number of hydrogen-bond acceptors (Lipinski definition) is 2. The summed E-state index contributed by atoms with van der Waals surface area (Å²) in [6, 6.07) is 20.6. The topological polar surface area (TPSA) is 49.4 Å². The van der Waals surface area contributed by atoms with E-state index in [1.165, 1.54) is 12.1 Å². The van der Waals surface area contributed by atoms with Crippen LogP contribution in [0.25, 0.3) is 0 Å². The summed E-state index contributed by atoms with van der Waals surface area (Å²) in [5.74, 6) is -0.788. The number of hydrogen-bond donors (Lipinski definition) is 1. The van der Waals surface area contributed by atoms with Gasteiger partial charge < -0.3 is 10.2 Å². The number of nitrogens with zero attached hydrogens (tertiary/aromatic N) is 1. The molecule has 4 rings (SSSR count). The molecule has 3 aromatic carbocycles. The second kappa shape index (κ2) is 7.87. The summed E-state index contributed by atoms with van der Waals surface area (Å²) in [6.07, 6.45) is 0.395. The Bertz CT molecular complexity index is 1070. The van der Waals surface area contributed by atoms with Crippen LogP contribution in [0, 0.1) is 12.7 Å². The van der Waals surface area contributed by atoms with Crippen molar-refractivity contribution in [3.8, 4) is 0 Å². The van der Waals surface area contributed by atoms with Crippen LogP contribution in [0.3, 0.4) is 0 Å². The van der Waals surface area contributed by atoms with Crippen molar-refractivity contribution in [2.75, 3.05) is 5.32 Å². The molecule has 1 aliphatic heterocycles. The molecular weight excluding hydrogens is 367 g/mol. The molecule has 0 aliphatic carbocycles. The van der Waals surface area contributed by atoms with Gasteiger partial charge in [-0.2, -0.15) is 0 Å². The van der Waals surface area contributed by atoms with Crippen molar-refractivity contribution >= 4 is 17.5 Å². The summed E-state index contributed by atoms with van der Waals surface area (Å²) < 4.78 is 13.4. The second-order valence-electron chi connectivity index (χ2n) is 7.24. The highest BCUT2D eigenvalue weighted by Gasteiger charge is 2.36. The third kappa shape index (κ3) is 3.90. The number of nitrogens with one attached hydrogen (secondary N) is 1. The van der Waals surface area contributed by atoms with Crippen LogP contribution in [0.2, 0.25) is 0 Å². The van der Waals surface area contributed by atoms with E-state index < -0.39 is 6.04 Å². The highest BCUT2D eigenvalue weighted by molar-refractivity contribution is 6.03. The number of benzene rings is 3. The Balaban J connectivity index is 1.63. The van der Waals surface area contributed by atoms with Crippen LogP contribution < -0.4 is 5.32 Å². The van der Waals surface area contributed by atoms with Crippen molar-refractivity contribution in [3.63, 3.8) is 0 Å². The molecule has 0 saturated carbocycles. The Morgan fingerprint density at radius 3 is 2.52 bits per heavy atom. The van der Waals surface area contributed by atoms with Crippen LogP contribution in [0.15, 0.2) is 72.8 Å². The molecule has 0 spiro atoms. The smallest absolute Gasteiger partial charge is 0.255 e. The van der Waals surface area contributed by atoms with E-state index in [-0.39, 0.29) is 17.6 Å². The summed E-state index contributed by atoms with van der Waals surface area (Å²) >= 11 is 0. The van der Waals surface area contributed by atoms with Gasteiger partial charge in [0.05, 0.1) is 0 Å². The number of fused-ring (bicyclic) bond motifs is 1. The minimum atomic E-state index is -0.679. The van der Waals surface area contributed by atoms with Crippen LogP contribution in [-0.2, 0) is 17.8 Å². The normalized spacial score (nSPS) is 13.9. The molecule has 0 fully saturated rings. The second-order valence-corrected chi connectivity index (χ2v) is 7.24. The van der Waals surface area contributed by atoms with E-state index in [1.54, 1.807) is 24.0 Å². The van der Waals surface area contributed by atoms with Crippen molar-refractivity contribution in [2.24, 2.45) is 0 Å². The monoisotopic (exact) mass is 388 g/mol. The third-order valence-electron chi connectivity index (χ3n) is 5.25. The Kier molecular flexibility index (Phi) is 5.12. The lowest BCUT2D eigenvalue weighted by Crippen LogP contribution is -2.45. The zero-order chi connectivity index (χ0) is 20.4. The van der Waals surface area contributed by atoms with Crippen LogP contribution in [0.1, 0.15) is 27.0 Å². The fraction of sp³-hybridized carbons (Fsp3) is 0.167.